The second-order valence-corrected chi connectivity index (χ2v) is 10.9. The summed E-state index contributed by atoms with van der Waals surface area (Å²) in [6, 6.07) is 8.31. The van der Waals surface area contributed by atoms with Crippen LogP contribution in [0.4, 0.5) is 13.2 Å². The van der Waals surface area contributed by atoms with Gasteiger partial charge >= 0.3 is 6.18 Å². The molecule has 0 bridgehead atoms. The van der Waals surface area contributed by atoms with Gasteiger partial charge in [0.2, 0.25) is 5.91 Å². The number of likely N-dealkylation sites (tertiary alicyclic amines) is 1. The van der Waals surface area contributed by atoms with E-state index in [4.69, 9.17) is 0 Å². The molecule has 7 atom stereocenters. The average molecular weight is 515 g/mol. The summed E-state index contributed by atoms with van der Waals surface area (Å²) in [5.41, 5.74) is -0.950. The molecule has 1 saturated heterocycles. The number of nitrogens with one attached hydrogen (secondary N) is 2. The molecule has 37 heavy (non-hydrogen) atoms. The highest BCUT2D eigenvalue weighted by atomic mass is 19.4. The standard InChI is InChI=1S/C27H29F3N4O3/c28-27(29,30)16-4-1-3-15(9-16)25(36)32-13-22(35)33-18-6-8-34(14-18)21-10-20-23-19(24(21)23)11-26(20,37)17-5-2-7-31-12-17/h1-5,7,9,12,18-21,23-24,37H,6,8,10-11,13-14H2,(H,32,36)(H,33,35). The van der Waals surface area contributed by atoms with E-state index in [1.165, 1.54) is 12.1 Å². The van der Waals surface area contributed by atoms with Crippen molar-refractivity contribution in [1.82, 2.24) is 20.5 Å². The number of hydrogen-bond donors (Lipinski definition) is 3. The second-order valence-electron chi connectivity index (χ2n) is 10.9. The van der Waals surface area contributed by atoms with Gasteiger partial charge in [-0.15, -0.1) is 0 Å². The van der Waals surface area contributed by atoms with Gasteiger partial charge in [-0.1, -0.05) is 12.1 Å². The van der Waals surface area contributed by atoms with Crippen LogP contribution in [0.3, 0.4) is 0 Å². The number of halogens is 3. The maximum absolute atomic E-state index is 12.9. The third-order valence-corrected chi connectivity index (χ3v) is 8.93. The summed E-state index contributed by atoms with van der Waals surface area (Å²) in [6.07, 6.45) is 1.47. The van der Waals surface area contributed by atoms with Gasteiger partial charge in [0.25, 0.3) is 5.91 Å². The van der Waals surface area contributed by atoms with Crippen molar-refractivity contribution in [3.05, 3.63) is 65.5 Å². The lowest BCUT2D eigenvalue weighted by molar-refractivity contribution is -0.137. The molecule has 4 aliphatic rings. The molecule has 2 heterocycles. The molecular weight excluding hydrogens is 485 g/mol. The number of rotatable bonds is 6. The predicted molar refractivity (Wildman–Crippen MR) is 127 cm³/mol. The third kappa shape index (κ3) is 4.29. The first-order valence-corrected chi connectivity index (χ1v) is 12.8. The third-order valence-electron chi connectivity index (χ3n) is 8.93. The van der Waals surface area contributed by atoms with E-state index in [-0.39, 0.29) is 30.0 Å². The highest BCUT2D eigenvalue weighted by Gasteiger charge is 2.74. The molecule has 3 aliphatic carbocycles. The zero-order valence-electron chi connectivity index (χ0n) is 20.1. The van der Waals surface area contributed by atoms with E-state index in [0.29, 0.717) is 30.3 Å². The minimum Gasteiger partial charge on any atom is -0.385 e. The summed E-state index contributed by atoms with van der Waals surface area (Å²) >= 11 is 0. The van der Waals surface area contributed by atoms with Crippen molar-refractivity contribution in [2.45, 2.75) is 43.1 Å². The van der Waals surface area contributed by atoms with E-state index in [1.54, 1.807) is 12.4 Å². The Morgan fingerprint density at radius 1 is 1.19 bits per heavy atom. The van der Waals surface area contributed by atoms with Gasteiger partial charge in [-0.25, -0.2) is 0 Å². The molecule has 0 radical (unpaired) electrons. The fourth-order valence-electron chi connectivity index (χ4n) is 7.34. The van der Waals surface area contributed by atoms with E-state index in [9.17, 15) is 27.9 Å². The number of alkyl halides is 3. The summed E-state index contributed by atoms with van der Waals surface area (Å²) in [6.45, 7) is 1.27. The maximum atomic E-state index is 12.9. The Hall–Kier alpha value is -2.98. The van der Waals surface area contributed by atoms with Gasteiger partial charge in [0, 0.05) is 48.7 Å². The van der Waals surface area contributed by atoms with E-state index >= 15 is 0 Å². The minimum absolute atomic E-state index is 0.0504. The summed E-state index contributed by atoms with van der Waals surface area (Å²) in [4.78, 5) is 31.4. The smallest absolute Gasteiger partial charge is 0.385 e. The molecule has 10 heteroatoms. The molecule has 7 unspecified atom stereocenters. The fourth-order valence-corrected chi connectivity index (χ4v) is 7.34. The average Bonchev–Trinajstić information content (AvgIpc) is 3.17. The fraction of sp³-hybridized carbons (Fsp3) is 0.519. The molecule has 6 rings (SSSR count). The summed E-state index contributed by atoms with van der Waals surface area (Å²) in [5.74, 6) is 0.827. The number of aliphatic hydroxyl groups is 1. The highest BCUT2D eigenvalue weighted by molar-refractivity contribution is 5.96. The lowest BCUT2D eigenvalue weighted by atomic mass is 9.82. The molecule has 1 aromatic carbocycles. The normalized spacial score (nSPS) is 34.3. The number of hydrogen-bond acceptors (Lipinski definition) is 5. The Balaban J connectivity index is 0.999. The van der Waals surface area contributed by atoms with Crippen molar-refractivity contribution in [3.8, 4) is 0 Å². The van der Waals surface area contributed by atoms with Gasteiger partial charge in [0.1, 0.15) is 0 Å². The molecule has 1 aromatic heterocycles. The van der Waals surface area contributed by atoms with Crippen LogP contribution in [-0.2, 0) is 16.6 Å². The first kappa shape index (κ1) is 24.4. The van der Waals surface area contributed by atoms with Gasteiger partial charge in [-0.2, -0.15) is 13.2 Å². The Morgan fingerprint density at radius 3 is 2.76 bits per heavy atom. The van der Waals surface area contributed by atoms with E-state index in [2.05, 4.69) is 20.5 Å². The lowest BCUT2D eigenvalue weighted by Gasteiger charge is -2.31. The second kappa shape index (κ2) is 8.80. The van der Waals surface area contributed by atoms with Crippen LogP contribution in [0, 0.1) is 23.7 Å². The number of carbonyl (C=O) groups is 2. The van der Waals surface area contributed by atoms with Crippen LogP contribution in [0.15, 0.2) is 48.8 Å². The number of fused-ring (bicyclic) bond motifs is 1. The Morgan fingerprint density at radius 2 is 2.03 bits per heavy atom. The molecule has 7 nitrogen and oxygen atoms in total. The molecule has 1 aliphatic heterocycles. The van der Waals surface area contributed by atoms with E-state index < -0.39 is 23.2 Å². The van der Waals surface area contributed by atoms with E-state index in [1.807, 2.05) is 12.1 Å². The van der Waals surface area contributed by atoms with Gasteiger partial charge in [-0.05, 0) is 67.2 Å². The predicted octanol–water partition coefficient (Wildman–Crippen LogP) is 2.56. The van der Waals surface area contributed by atoms with Gasteiger partial charge in [0.05, 0.1) is 17.7 Å². The first-order valence-electron chi connectivity index (χ1n) is 12.8. The Kier molecular flexibility index (Phi) is 5.80. The molecular formula is C27H29F3N4O3. The molecule has 2 amide bonds. The highest BCUT2D eigenvalue weighted by Crippen LogP contribution is 2.74. The molecule has 3 saturated carbocycles. The minimum atomic E-state index is -4.54. The van der Waals surface area contributed by atoms with Crippen molar-refractivity contribution >= 4 is 11.8 Å². The zero-order valence-corrected chi connectivity index (χ0v) is 20.1. The number of amides is 2. The summed E-state index contributed by atoms with van der Waals surface area (Å²) < 4.78 is 38.7. The first-order chi connectivity index (χ1) is 17.6. The summed E-state index contributed by atoms with van der Waals surface area (Å²) in [7, 11) is 0. The van der Waals surface area contributed by atoms with Crippen molar-refractivity contribution in [2.75, 3.05) is 19.6 Å². The molecule has 3 N–H and O–H groups in total. The van der Waals surface area contributed by atoms with E-state index in [0.717, 1.165) is 43.5 Å². The monoisotopic (exact) mass is 514 g/mol. The summed E-state index contributed by atoms with van der Waals surface area (Å²) in [5, 5.41) is 16.9. The molecule has 0 spiro atoms. The van der Waals surface area contributed by atoms with Gasteiger partial charge in [0.15, 0.2) is 0 Å². The zero-order chi connectivity index (χ0) is 25.9. The van der Waals surface area contributed by atoms with Crippen molar-refractivity contribution in [2.24, 2.45) is 23.7 Å². The van der Waals surface area contributed by atoms with Crippen molar-refractivity contribution < 1.29 is 27.9 Å². The number of nitrogens with zero attached hydrogens (tertiary/aromatic N) is 2. The van der Waals surface area contributed by atoms with Crippen LogP contribution in [-0.4, -0.2) is 58.5 Å². The Labute approximate surface area is 212 Å². The largest absolute Gasteiger partial charge is 0.416 e. The van der Waals surface area contributed by atoms with Crippen LogP contribution in [0.25, 0.3) is 0 Å². The van der Waals surface area contributed by atoms with Crippen LogP contribution < -0.4 is 10.6 Å². The SMILES string of the molecule is O=C(CNC(=O)c1cccc(C(F)(F)F)c1)NC1CCN(C2CC3C4C(CC3(O)c3cccnc3)C42)C1. The van der Waals surface area contributed by atoms with Crippen molar-refractivity contribution in [1.29, 1.82) is 0 Å². The van der Waals surface area contributed by atoms with Crippen LogP contribution >= 0.6 is 0 Å². The number of benzene rings is 1. The van der Waals surface area contributed by atoms with Crippen molar-refractivity contribution in [3.63, 3.8) is 0 Å². The number of pyridine rings is 1. The van der Waals surface area contributed by atoms with Gasteiger partial charge < -0.3 is 15.7 Å². The molecule has 2 aromatic rings. The Bertz CT molecular complexity index is 1210. The number of aromatic nitrogens is 1. The number of carbonyl (C=O) groups excluding carboxylic acids is 2. The van der Waals surface area contributed by atoms with Crippen LogP contribution in [0.5, 0.6) is 0 Å². The lowest BCUT2D eigenvalue weighted by Crippen LogP contribution is -2.44. The van der Waals surface area contributed by atoms with Crippen LogP contribution in [0.1, 0.15) is 40.7 Å². The topological polar surface area (TPSA) is 94.6 Å². The van der Waals surface area contributed by atoms with Gasteiger partial charge in [-0.3, -0.25) is 19.5 Å². The quantitative estimate of drug-likeness (QED) is 0.551. The van der Waals surface area contributed by atoms with Crippen LogP contribution in [0.2, 0.25) is 0 Å². The molecule has 4 fully saturated rings. The maximum Gasteiger partial charge on any atom is 0.416 e. The molecule has 196 valence electrons.